The van der Waals surface area contributed by atoms with Crippen LogP contribution in [0.15, 0.2) is 24.3 Å². The largest absolute Gasteiger partial charge is 0.454 e. The molecule has 0 radical (unpaired) electrons. The van der Waals surface area contributed by atoms with Gasteiger partial charge in [-0.05, 0) is 81.6 Å². The molecule has 1 aromatic carbocycles. The fraction of sp³-hybridized carbons (Fsp3) is 0.583. The highest BCUT2D eigenvalue weighted by Gasteiger charge is 2.51. The number of aromatic nitrogens is 1. The maximum Gasteiger partial charge on any atom is 0.307 e. The molecule has 4 bridgehead atoms. The van der Waals surface area contributed by atoms with Gasteiger partial charge in [0.05, 0.1) is 6.42 Å². The van der Waals surface area contributed by atoms with Gasteiger partial charge in [0.15, 0.2) is 6.10 Å². The molecule has 0 spiro atoms. The number of ketones is 1. The maximum atomic E-state index is 13.0. The highest BCUT2D eigenvalue weighted by molar-refractivity contribution is 6.11. The van der Waals surface area contributed by atoms with Crippen molar-refractivity contribution in [3.05, 3.63) is 35.5 Å². The molecule has 4 fully saturated rings. The van der Waals surface area contributed by atoms with Crippen LogP contribution in [0, 0.1) is 30.1 Å². The molecule has 4 aliphatic carbocycles. The van der Waals surface area contributed by atoms with Crippen molar-refractivity contribution in [1.82, 2.24) is 4.98 Å². The summed E-state index contributed by atoms with van der Waals surface area (Å²) in [5, 5.41) is 0.897. The summed E-state index contributed by atoms with van der Waals surface area (Å²) in [6, 6.07) is 7.77. The van der Waals surface area contributed by atoms with Crippen LogP contribution >= 0.6 is 0 Å². The molecule has 0 saturated heterocycles. The monoisotopic (exact) mass is 379 g/mol. The third-order valence-electron chi connectivity index (χ3n) is 7.50. The van der Waals surface area contributed by atoms with Gasteiger partial charge < -0.3 is 9.72 Å². The zero-order valence-electron chi connectivity index (χ0n) is 16.8. The summed E-state index contributed by atoms with van der Waals surface area (Å²) in [6.07, 6.45) is 7.36. The molecule has 2 aromatic rings. The van der Waals surface area contributed by atoms with Crippen molar-refractivity contribution in [2.45, 2.75) is 64.9 Å². The van der Waals surface area contributed by atoms with E-state index in [4.69, 9.17) is 4.74 Å². The molecular weight excluding hydrogens is 350 g/mol. The van der Waals surface area contributed by atoms with Crippen molar-refractivity contribution < 1.29 is 14.3 Å². The number of carbonyl (C=O) groups excluding carboxylic acids is 2. The van der Waals surface area contributed by atoms with Gasteiger partial charge >= 0.3 is 5.97 Å². The molecule has 4 aliphatic rings. The number of aryl methyl sites for hydroxylation is 1. The van der Waals surface area contributed by atoms with Crippen LogP contribution in [0.25, 0.3) is 10.9 Å². The fourth-order valence-corrected chi connectivity index (χ4v) is 6.90. The minimum Gasteiger partial charge on any atom is -0.454 e. The first kappa shape index (κ1) is 18.0. The fourth-order valence-electron chi connectivity index (χ4n) is 6.90. The Hall–Kier alpha value is -2.10. The Morgan fingerprint density at radius 3 is 2.36 bits per heavy atom. The van der Waals surface area contributed by atoms with E-state index >= 15 is 0 Å². The summed E-state index contributed by atoms with van der Waals surface area (Å²) in [7, 11) is 0. The number of ether oxygens (including phenoxy) is 1. The van der Waals surface area contributed by atoms with E-state index in [2.05, 4.69) is 4.98 Å². The van der Waals surface area contributed by atoms with E-state index in [9.17, 15) is 9.59 Å². The van der Waals surface area contributed by atoms with E-state index in [1.165, 1.54) is 38.5 Å². The van der Waals surface area contributed by atoms with Crippen LogP contribution in [0.3, 0.4) is 0 Å². The number of H-pyrrole nitrogens is 1. The molecule has 1 atom stereocenters. The topological polar surface area (TPSA) is 59.2 Å². The van der Waals surface area contributed by atoms with Crippen LogP contribution in [0.1, 0.15) is 67.9 Å². The number of fused-ring (bicyclic) bond motifs is 1. The number of hydrogen-bond donors (Lipinski definition) is 1. The lowest BCUT2D eigenvalue weighted by Gasteiger charge is -2.56. The number of Topliss-reactive ketones (excluding diaryl/α,β-unsaturated/α-hetero) is 1. The smallest absolute Gasteiger partial charge is 0.307 e. The van der Waals surface area contributed by atoms with Gasteiger partial charge in [0.1, 0.15) is 0 Å². The number of benzene rings is 1. The second kappa shape index (κ2) is 6.47. The van der Waals surface area contributed by atoms with Gasteiger partial charge in [0.25, 0.3) is 0 Å². The number of aromatic amines is 1. The number of esters is 1. The number of carbonyl (C=O) groups is 2. The maximum absolute atomic E-state index is 13.0. The lowest BCUT2D eigenvalue weighted by atomic mass is 9.49. The van der Waals surface area contributed by atoms with E-state index in [0.29, 0.717) is 12.0 Å². The van der Waals surface area contributed by atoms with Gasteiger partial charge in [0, 0.05) is 22.2 Å². The van der Waals surface area contributed by atoms with Gasteiger partial charge in [-0.15, -0.1) is 0 Å². The Bertz CT molecular complexity index is 905. The molecule has 1 aromatic heterocycles. The predicted molar refractivity (Wildman–Crippen MR) is 108 cm³/mol. The Morgan fingerprint density at radius 2 is 1.71 bits per heavy atom. The Labute approximate surface area is 166 Å². The van der Waals surface area contributed by atoms with E-state index in [-0.39, 0.29) is 17.2 Å². The van der Waals surface area contributed by atoms with Crippen LogP contribution < -0.4 is 0 Å². The summed E-state index contributed by atoms with van der Waals surface area (Å²) in [4.78, 5) is 29.1. The van der Waals surface area contributed by atoms with Crippen molar-refractivity contribution in [2.24, 2.45) is 23.2 Å². The first-order chi connectivity index (χ1) is 13.4. The highest BCUT2D eigenvalue weighted by Crippen LogP contribution is 2.61. The van der Waals surface area contributed by atoms with Gasteiger partial charge in [0.2, 0.25) is 5.78 Å². The van der Waals surface area contributed by atoms with Crippen LogP contribution in [-0.2, 0) is 9.53 Å². The summed E-state index contributed by atoms with van der Waals surface area (Å²) >= 11 is 0. The summed E-state index contributed by atoms with van der Waals surface area (Å²) in [5.74, 6) is 2.13. The molecule has 28 heavy (non-hydrogen) atoms. The van der Waals surface area contributed by atoms with Gasteiger partial charge in [-0.25, -0.2) is 0 Å². The Kier molecular flexibility index (Phi) is 4.15. The Balaban J connectivity index is 1.29. The van der Waals surface area contributed by atoms with Gasteiger partial charge in [-0.2, -0.15) is 0 Å². The van der Waals surface area contributed by atoms with E-state index < -0.39 is 6.10 Å². The molecule has 1 heterocycles. The molecule has 148 valence electrons. The van der Waals surface area contributed by atoms with Crippen LogP contribution in [-0.4, -0.2) is 22.8 Å². The lowest BCUT2D eigenvalue weighted by molar-refractivity contribution is -0.154. The average Bonchev–Trinajstić information content (AvgIpc) is 2.94. The molecular formula is C24H29NO3. The average molecular weight is 380 g/mol. The van der Waals surface area contributed by atoms with Crippen LogP contribution in [0.2, 0.25) is 0 Å². The second-order valence-corrected chi connectivity index (χ2v) is 9.76. The Morgan fingerprint density at radius 1 is 1.11 bits per heavy atom. The van der Waals surface area contributed by atoms with Gasteiger partial charge in [-0.3, -0.25) is 9.59 Å². The van der Waals surface area contributed by atoms with E-state index in [0.717, 1.165) is 34.4 Å². The van der Waals surface area contributed by atoms with Crippen LogP contribution in [0.5, 0.6) is 0 Å². The zero-order valence-corrected chi connectivity index (χ0v) is 16.8. The van der Waals surface area contributed by atoms with Crippen molar-refractivity contribution >= 4 is 22.7 Å². The molecule has 1 N–H and O–H groups in total. The molecule has 4 nitrogen and oxygen atoms in total. The molecule has 0 aliphatic heterocycles. The van der Waals surface area contributed by atoms with E-state index in [1.807, 2.05) is 31.2 Å². The minimum atomic E-state index is -0.751. The number of hydrogen-bond acceptors (Lipinski definition) is 3. The number of nitrogens with one attached hydrogen (secondary N) is 1. The SMILES string of the molecule is Cc1[nH]c2ccccc2c1C(=O)[C@@H](C)OC(=O)CC12CC3CC(CC(C3)C1)C2. The normalized spacial score (nSPS) is 31.9. The van der Waals surface area contributed by atoms with Crippen molar-refractivity contribution in [3.63, 3.8) is 0 Å². The number of para-hydroxylation sites is 1. The van der Waals surface area contributed by atoms with Crippen molar-refractivity contribution in [2.75, 3.05) is 0 Å². The third kappa shape index (κ3) is 2.98. The molecule has 4 heteroatoms. The summed E-state index contributed by atoms with van der Waals surface area (Å²) in [5.41, 5.74) is 2.56. The van der Waals surface area contributed by atoms with Gasteiger partial charge in [-0.1, -0.05) is 18.2 Å². The molecule has 0 amide bonds. The second-order valence-electron chi connectivity index (χ2n) is 9.76. The highest BCUT2D eigenvalue weighted by atomic mass is 16.5. The van der Waals surface area contributed by atoms with Crippen molar-refractivity contribution in [3.8, 4) is 0 Å². The number of rotatable bonds is 5. The first-order valence-corrected chi connectivity index (χ1v) is 10.7. The lowest BCUT2D eigenvalue weighted by Crippen LogP contribution is -2.47. The minimum absolute atomic E-state index is 0.117. The van der Waals surface area contributed by atoms with Crippen molar-refractivity contribution in [1.29, 1.82) is 0 Å². The third-order valence-corrected chi connectivity index (χ3v) is 7.50. The quantitative estimate of drug-likeness (QED) is 0.574. The molecule has 4 saturated carbocycles. The van der Waals surface area contributed by atoms with Crippen LogP contribution in [0.4, 0.5) is 0 Å². The first-order valence-electron chi connectivity index (χ1n) is 10.7. The summed E-state index contributed by atoms with van der Waals surface area (Å²) < 4.78 is 5.68. The van der Waals surface area contributed by atoms with E-state index in [1.54, 1.807) is 6.92 Å². The zero-order chi connectivity index (χ0) is 19.5. The molecule has 6 rings (SSSR count). The predicted octanol–water partition coefficient (Wildman–Crippen LogP) is 5.20. The molecule has 0 unspecified atom stereocenters. The summed E-state index contributed by atoms with van der Waals surface area (Å²) in [6.45, 7) is 3.61. The standard InChI is InChI=1S/C24H29NO3/c1-14-22(19-5-3-4-6-20(19)25-14)23(27)15(2)28-21(26)13-24-10-16-7-17(11-24)9-18(8-16)12-24/h3-6,15-18,25H,7-13H2,1-2H3/t15-,16?,17?,18?,24?/m1/s1.